The van der Waals surface area contributed by atoms with E-state index in [1.54, 1.807) is 29.4 Å². The largest absolute Gasteiger partial charge is 0.496 e. The van der Waals surface area contributed by atoms with Crippen molar-refractivity contribution in [3.63, 3.8) is 0 Å². The first kappa shape index (κ1) is 18.6. The lowest BCUT2D eigenvalue weighted by molar-refractivity contribution is 0.103. The number of rotatable bonds is 3. The number of ketones is 1. The molecule has 4 rings (SSSR count). The fourth-order valence-corrected chi connectivity index (χ4v) is 4.45. The number of hydrogen-bond donors (Lipinski definition) is 0. The number of allylic oxidation sites excluding steroid dienone is 1. The van der Waals surface area contributed by atoms with E-state index in [4.69, 9.17) is 9.47 Å². The topological polar surface area (TPSA) is 68.7 Å². The predicted octanol–water partition coefficient (Wildman–Crippen LogP) is 4.40. The van der Waals surface area contributed by atoms with Crippen LogP contribution < -0.4 is 9.47 Å². The molecule has 3 heterocycles. The van der Waals surface area contributed by atoms with Crippen molar-refractivity contribution in [3.8, 4) is 11.5 Å². The summed E-state index contributed by atoms with van der Waals surface area (Å²) in [5, 5.41) is 0. The van der Waals surface area contributed by atoms with Crippen molar-refractivity contribution >= 4 is 29.7 Å². The van der Waals surface area contributed by atoms with Crippen LogP contribution in [0.25, 0.3) is 6.08 Å². The van der Waals surface area contributed by atoms with Crippen molar-refractivity contribution < 1.29 is 19.1 Å². The molecule has 2 aliphatic heterocycles. The van der Waals surface area contributed by atoms with Gasteiger partial charge in [-0.2, -0.15) is 0 Å². The molecule has 0 aliphatic carbocycles. The Kier molecular flexibility index (Phi) is 5.34. The Balaban J connectivity index is 1.65. The minimum absolute atomic E-state index is 0.135. The van der Waals surface area contributed by atoms with Crippen LogP contribution in [0.5, 0.6) is 11.5 Å². The van der Waals surface area contributed by atoms with E-state index in [2.05, 4.69) is 4.98 Å². The molecule has 28 heavy (non-hydrogen) atoms. The summed E-state index contributed by atoms with van der Waals surface area (Å²) >= 11 is 1.30. The maximum absolute atomic E-state index is 13.0. The monoisotopic (exact) mass is 396 g/mol. The lowest BCUT2D eigenvalue weighted by Gasteiger charge is -2.26. The van der Waals surface area contributed by atoms with Crippen LogP contribution >= 0.6 is 11.8 Å². The summed E-state index contributed by atoms with van der Waals surface area (Å²) < 4.78 is 11.0. The molecule has 2 aliphatic rings. The highest BCUT2D eigenvalue weighted by molar-refractivity contribution is 8.05. The van der Waals surface area contributed by atoms with Gasteiger partial charge in [0.05, 0.1) is 22.5 Å². The van der Waals surface area contributed by atoms with Crippen LogP contribution in [0.3, 0.4) is 0 Å². The van der Waals surface area contributed by atoms with E-state index in [9.17, 15) is 9.59 Å². The molecule has 1 saturated heterocycles. The van der Waals surface area contributed by atoms with Gasteiger partial charge in [0.25, 0.3) is 0 Å². The van der Waals surface area contributed by atoms with E-state index in [1.807, 2.05) is 18.2 Å². The first-order valence-electron chi connectivity index (χ1n) is 9.19. The van der Waals surface area contributed by atoms with E-state index in [0.717, 1.165) is 24.8 Å². The fraction of sp³-hybridized carbons (Fsp3) is 0.286. The number of thioether (sulfide) groups is 1. The van der Waals surface area contributed by atoms with Gasteiger partial charge in [0, 0.05) is 25.5 Å². The molecule has 144 valence electrons. The Hall–Kier alpha value is -2.80. The molecular formula is C21H20N2O4S. The highest BCUT2D eigenvalue weighted by atomic mass is 32.2. The van der Waals surface area contributed by atoms with Crippen LogP contribution in [0.1, 0.15) is 35.2 Å². The highest BCUT2D eigenvalue weighted by Crippen LogP contribution is 2.49. The van der Waals surface area contributed by atoms with Gasteiger partial charge < -0.3 is 14.4 Å². The Morgan fingerprint density at radius 3 is 2.54 bits per heavy atom. The Morgan fingerprint density at radius 2 is 1.82 bits per heavy atom. The number of pyridine rings is 1. The fourth-order valence-electron chi connectivity index (χ4n) is 3.33. The van der Waals surface area contributed by atoms with Crippen molar-refractivity contribution in [2.24, 2.45) is 0 Å². The van der Waals surface area contributed by atoms with Gasteiger partial charge in [-0.1, -0.05) is 11.8 Å². The summed E-state index contributed by atoms with van der Waals surface area (Å²) in [6, 6.07) is 7.03. The van der Waals surface area contributed by atoms with Crippen molar-refractivity contribution in [2.45, 2.75) is 24.2 Å². The summed E-state index contributed by atoms with van der Waals surface area (Å²) in [7, 11) is 1.53. The number of likely N-dealkylation sites (tertiary alicyclic amines) is 1. The average Bonchev–Trinajstić information content (AvgIpc) is 3.06. The summed E-state index contributed by atoms with van der Waals surface area (Å²) in [4.78, 5) is 32.4. The second-order valence-corrected chi connectivity index (χ2v) is 7.66. The summed E-state index contributed by atoms with van der Waals surface area (Å²) in [5.74, 6) is 0.732. The van der Waals surface area contributed by atoms with Crippen LogP contribution in [0, 0.1) is 0 Å². The number of aromatic nitrogens is 1. The van der Waals surface area contributed by atoms with Crippen molar-refractivity contribution in [2.75, 3.05) is 20.2 Å². The van der Waals surface area contributed by atoms with E-state index in [1.165, 1.54) is 18.9 Å². The number of carbonyl (C=O) groups excluding carboxylic acids is 2. The van der Waals surface area contributed by atoms with Crippen LogP contribution in [-0.2, 0) is 0 Å². The normalized spacial score (nSPS) is 17.5. The second kappa shape index (κ2) is 8.06. The maximum atomic E-state index is 13.0. The van der Waals surface area contributed by atoms with Gasteiger partial charge in [-0.3, -0.25) is 9.78 Å². The smallest absolute Gasteiger partial charge is 0.415 e. The minimum atomic E-state index is -0.369. The molecule has 0 N–H and O–H groups in total. The van der Waals surface area contributed by atoms with Crippen LogP contribution in [0.2, 0.25) is 0 Å². The first-order chi connectivity index (χ1) is 13.7. The standard InChI is InChI=1S/C21H20N2O4S/c1-26-15-5-6-16(27-21(25)23-11-3-2-4-12-23)20-18(15)19(24)17(28-20)13-14-7-9-22-10-8-14/h5-10,13H,2-4,11-12H2,1H3/b17-13-. The lowest BCUT2D eigenvalue weighted by atomic mass is 10.1. The number of hydrogen-bond acceptors (Lipinski definition) is 6. The Morgan fingerprint density at radius 1 is 1.11 bits per heavy atom. The zero-order valence-electron chi connectivity index (χ0n) is 15.5. The molecule has 6 nitrogen and oxygen atoms in total. The van der Waals surface area contributed by atoms with Crippen LogP contribution in [0.15, 0.2) is 46.5 Å². The SMILES string of the molecule is COc1ccc(OC(=O)N2CCCCC2)c2c1C(=O)/C(=C/c1ccncc1)S2. The molecule has 0 bridgehead atoms. The number of carbonyl (C=O) groups is 2. The summed E-state index contributed by atoms with van der Waals surface area (Å²) in [6.45, 7) is 1.41. The molecule has 0 atom stereocenters. The minimum Gasteiger partial charge on any atom is -0.496 e. The number of nitrogens with zero attached hydrogens (tertiary/aromatic N) is 2. The third-order valence-electron chi connectivity index (χ3n) is 4.78. The van der Waals surface area contributed by atoms with Gasteiger partial charge in [-0.15, -0.1) is 0 Å². The number of fused-ring (bicyclic) bond motifs is 1. The van der Waals surface area contributed by atoms with E-state index < -0.39 is 0 Å². The first-order valence-corrected chi connectivity index (χ1v) is 10.0. The van der Waals surface area contributed by atoms with Gasteiger partial charge in [0.15, 0.2) is 0 Å². The number of methoxy groups -OCH3 is 1. The zero-order valence-corrected chi connectivity index (χ0v) is 16.3. The van der Waals surface area contributed by atoms with Crippen molar-refractivity contribution in [1.82, 2.24) is 9.88 Å². The number of piperidine rings is 1. The molecule has 1 aromatic carbocycles. The van der Waals surface area contributed by atoms with Gasteiger partial charge in [0.2, 0.25) is 5.78 Å². The molecule has 1 amide bonds. The lowest BCUT2D eigenvalue weighted by Crippen LogP contribution is -2.37. The molecule has 0 unspecified atom stereocenters. The third kappa shape index (κ3) is 3.62. The molecule has 0 spiro atoms. The quantitative estimate of drug-likeness (QED) is 0.716. The van der Waals surface area contributed by atoms with Crippen LogP contribution in [0.4, 0.5) is 4.79 Å². The second-order valence-electron chi connectivity index (χ2n) is 6.61. The number of amides is 1. The molecule has 0 saturated carbocycles. The number of Topliss-reactive ketones (excluding diaryl/α,β-unsaturated/α-hetero) is 1. The van der Waals surface area contributed by atoms with Gasteiger partial charge in [0.1, 0.15) is 11.5 Å². The molecule has 1 aromatic heterocycles. The molecule has 2 aromatic rings. The van der Waals surface area contributed by atoms with E-state index >= 15 is 0 Å². The molecule has 7 heteroatoms. The van der Waals surface area contributed by atoms with Gasteiger partial charge >= 0.3 is 6.09 Å². The summed E-state index contributed by atoms with van der Waals surface area (Å²) in [5.41, 5.74) is 1.32. The molecule has 0 radical (unpaired) electrons. The van der Waals surface area contributed by atoms with Gasteiger partial charge in [-0.05, 0) is 55.2 Å². The number of benzene rings is 1. The molecular weight excluding hydrogens is 376 g/mol. The average molecular weight is 396 g/mol. The predicted molar refractivity (Wildman–Crippen MR) is 107 cm³/mol. The maximum Gasteiger partial charge on any atom is 0.415 e. The van der Waals surface area contributed by atoms with E-state index in [-0.39, 0.29) is 11.9 Å². The zero-order chi connectivity index (χ0) is 19.5. The van der Waals surface area contributed by atoms with Crippen LogP contribution in [-0.4, -0.2) is 42.0 Å². The molecule has 1 fully saturated rings. The van der Waals surface area contributed by atoms with E-state index in [0.29, 0.717) is 40.0 Å². The Bertz CT molecular complexity index is 937. The van der Waals surface area contributed by atoms with Crippen molar-refractivity contribution in [1.29, 1.82) is 0 Å². The number of ether oxygens (including phenoxy) is 2. The van der Waals surface area contributed by atoms with Gasteiger partial charge in [-0.25, -0.2) is 4.79 Å². The third-order valence-corrected chi connectivity index (χ3v) is 5.91. The van der Waals surface area contributed by atoms with Crippen molar-refractivity contribution in [3.05, 3.63) is 52.7 Å². The summed E-state index contributed by atoms with van der Waals surface area (Å²) in [6.07, 6.45) is 7.90. The highest BCUT2D eigenvalue weighted by Gasteiger charge is 2.33. The Labute approximate surface area is 167 Å².